The van der Waals surface area contributed by atoms with Crippen LogP contribution in [0.1, 0.15) is 44.7 Å². The molecule has 1 heterocycles. The predicted octanol–water partition coefficient (Wildman–Crippen LogP) is 1.35. The Kier molecular flexibility index (Phi) is 11.7. The first-order chi connectivity index (χ1) is 20.8. The van der Waals surface area contributed by atoms with Gasteiger partial charge in [0, 0.05) is 36.5 Å². The highest BCUT2D eigenvalue weighted by Gasteiger charge is 2.30. The van der Waals surface area contributed by atoms with Gasteiger partial charge in [0.25, 0.3) is 0 Å². The molecule has 0 aliphatic rings. The van der Waals surface area contributed by atoms with Crippen LogP contribution >= 0.6 is 0 Å². The third-order valence-electron chi connectivity index (χ3n) is 6.63. The number of carbonyl (C=O) groups is 4. The fourth-order valence-electron chi connectivity index (χ4n) is 4.57. The largest absolute Gasteiger partial charge is 0.444 e. The summed E-state index contributed by atoms with van der Waals surface area (Å²) in [6, 6.07) is 13.4. The van der Waals surface area contributed by atoms with Gasteiger partial charge in [-0.3, -0.25) is 19.4 Å². The summed E-state index contributed by atoms with van der Waals surface area (Å²) in [4.78, 5) is 59.3. The summed E-state index contributed by atoms with van der Waals surface area (Å²) in [5.41, 5.74) is 18.2. The Labute approximate surface area is 256 Å². The minimum atomic E-state index is -1.10. The van der Waals surface area contributed by atoms with Crippen LogP contribution in [-0.4, -0.2) is 65.0 Å². The van der Waals surface area contributed by atoms with E-state index in [2.05, 4.69) is 25.9 Å². The zero-order valence-electron chi connectivity index (χ0n) is 25.3. The number of aromatic nitrogens is 1. The number of hydrogen-bond donors (Lipinski definition) is 7. The number of amides is 4. The highest BCUT2D eigenvalue weighted by Crippen LogP contribution is 2.19. The van der Waals surface area contributed by atoms with Crippen molar-refractivity contribution in [2.75, 3.05) is 6.54 Å². The van der Waals surface area contributed by atoms with Gasteiger partial charge in [0.1, 0.15) is 23.7 Å². The van der Waals surface area contributed by atoms with Gasteiger partial charge in [-0.05, 0) is 50.8 Å². The lowest BCUT2D eigenvalue weighted by atomic mass is 10.0. The zero-order valence-corrected chi connectivity index (χ0v) is 25.3. The number of benzene rings is 2. The topological polar surface area (TPSA) is 220 Å². The lowest BCUT2D eigenvalue weighted by Crippen LogP contribution is -2.57. The maximum atomic E-state index is 13.7. The molecule has 3 rings (SSSR count). The molecule has 13 heteroatoms. The van der Waals surface area contributed by atoms with Crippen molar-refractivity contribution in [1.29, 1.82) is 0 Å². The molecule has 4 amide bonds. The first kappa shape index (κ1) is 33.4. The van der Waals surface area contributed by atoms with E-state index in [4.69, 9.17) is 21.9 Å². The summed E-state index contributed by atoms with van der Waals surface area (Å²) in [6.45, 7) is 5.33. The van der Waals surface area contributed by atoms with E-state index in [1.165, 1.54) is 0 Å². The van der Waals surface area contributed by atoms with Crippen molar-refractivity contribution in [1.82, 2.24) is 20.9 Å². The SMILES string of the molecule is CC(C)(C)OC(=O)N[C@H](CCCN=C(N)N)C(=O)N[C@@H](Cc1ccccc1)C(=O)N[C@@H](Cc1c[nH]c2ccccc12)C(N)=O. The van der Waals surface area contributed by atoms with Gasteiger partial charge < -0.3 is 42.9 Å². The second-order valence-electron chi connectivity index (χ2n) is 11.4. The molecule has 10 N–H and O–H groups in total. The molecule has 0 fully saturated rings. The monoisotopic (exact) mass is 606 g/mol. The predicted molar refractivity (Wildman–Crippen MR) is 168 cm³/mol. The van der Waals surface area contributed by atoms with E-state index in [1.807, 2.05) is 54.6 Å². The molecule has 236 valence electrons. The number of carbonyl (C=O) groups excluding carboxylic acids is 4. The Bertz CT molecular complexity index is 1460. The second kappa shape index (κ2) is 15.4. The van der Waals surface area contributed by atoms with Crippen LogP contribution in [-0.2, 0) is 32.0 Å². The molecular weight excluding hydrogens is 564 g/mol. The molecule has 0 aliphatic heterocycles. The third-order valence-corrected chi connectivity index (χ3v) is 6.63. The van der Waals surface area contributed by atoms with Crippen LogP contribution < -0.4 is 33.2 Å². The lowest BCUT2D eigenvalue weighted by molar-refractivity contribution is -0.132. The minimum Gasteiger partial charge on any atom is -0.444 e. The molecule has 0 unspecified atom stereocenters. The standard InChI is InChI=1S/C31H42N8O5/c1-31(2,3)44-30(43)39-23(14-9-15-35-29(33)34)27(41)38-25(16-19-10-5-4-6-11-19)28(42)37-24(26(32)40)17-20-18-36-22-13-8-7-12-21(20)22/h4-8,10-13,18,23-25,36H,9,14-17H2,1-3H3,(H2,32,40)(H,37,42)(H,38,41)(H,39,43)(H4,33,34,35)/t23-,24+,25+/m1/s1. The number of alkyl carbamates (subject to hydrolysis) is 1. The first-order valence-electron chi connectivity index (χ1n) is 14.4. The molecule has 0 bridgehead atoms. The Balaban J connectivity index is 1.81. The maximum Gasteiger partial charge on any atom is 0.408 e. The number of ether oxygens (including phenoxy) is 1. The Morgan fingerprint density at radius 2 is 1.48 bits per heavy atom. The molecule has 0 saturated heterocycles. The zero-order chi connectivity index (χ0) is 32.3. The molecule has 44 heavy (non-hydrogen) atoms. The van der Waals surface area contributed by atoms with Crippen LogP contribution in [0.5, 0.6) is 0 Å². The molecule has 1 aromatic heterocycles. The number of aromatic amines is 1. The van der Waals surface area contributed by atoms with Crippen LogP contribution in [0.3, 0.4) is 0 Å². The van der Waals surface area contributed by atoms with E-state index >= 15 is 0 Å². The van der Waals surface area contributed by atoms with Gasteiger partial charge in [-0.15, -0.1) is 0 Å². The smallest absolute Gasteiger partial charge is 0.408 e. The molecule has 0 aliphatic carbocycles. The van der Waals surface area contributed by atoms with E-state index < -0.39 is 47.5 Å². The van der Waals surface area contributed by atoms with Crippen LogP contribution in [0.25, 0.3) is 10.9 Å². The summed E-state index contributed by atoms with van der Waals surface area (Å²) in [7, 11) is 0. The lowest BCUT2D eigenvalue weighted by Gasteiger charge is -2.26. The number of hydrogen-bond acceptors (Lipinski definition) is 6. The van der Waals surface area contributed by atoms with Gasteiger partial charge in [0.15, 0.2) is 5.96 Å². The fourth-order valence-corrected chi connectivity index (χ4v) is 4.57. The summed E-state index contributed by atoms with van der Waals surface area (Å²) >= 11 is 0. The Morgan fingerprint density at radius 1 is 0.841 bits per heavy atom. The number of nitrogens with zero attached hydrogens (tertiary/aromatic N) is 1. The number of rotatable bonds is 14. The van der Waals surface area contributed by atoms with E-state index in [1.54, 1.807) is 27.0 Å². The van der Waals surface area contributed by atoms with Crippen molar-refractivity contribution in [2.45, 2.75) is 70.2 Å². The van der Waals surface area contributed by atoms with Gasteiger partial charge in [-0.1, -0.05) is 48.5 Å². The quantitative estimate of drug-likeness (QED) is 0.0810. The van der Waals surface area contributed by atoms with E-state index in [0.29, 0.717) is 6.42 Å². The number of primary amides is 1. The van der Waals surface area contributed by atoms with Gasteiger partial charge in [-0.2, -0.15) is 0 Å². The average Bonchev–Trinajstić information content (AvgIpc) is 3.36. The van der Waals surface area contributed by atoms with E-state index in [-0.39, 0.29) is 31.8 Å². The second-order valence-corrected chi connectivity index (χ2v) is 11.4. The van der Waals surface area contributed by atoms with Gasteiger partial charge in [0.05, 0.1) is 0 Å². The van der Waals surface area contributed by atoms with Crippen LogP contribution in [0.4, 0.5) is 4.79 Å². The fraction of sp³-hybridized carbons (Fsp3) is 0.387. The summed E-state index contributed by atoms with van der Waals surface area (Å²) in [6.07, 6.45) is 1.75. The minimum absolute atomic E-state index is 0.0951. The van der Waals surface area contributed by atoms with Crippen molar-refractivity contribution in [3.8, 4) is 0 Å². The summed E-state index contributed by atoms with van der Waals surface area (Å²) in [5, 5.41) is 8.96. The highest BCUT2D eigenvalue weighted by molar-refractivity contribution is 5.94. The van der Waals surface area contributed by atoms with Crippen molar-refractivity contribution in [3.63, 3.8) is 0 Å². The third kappa shape index (κ3) is 10.6. The van der Waals surface area contributed by atoms with Crippen molar-refractivity contribution in [3.05, 3.63) is 71.9 Å². The highest BCUT2D eigenvalue weighted by atomic mass is 16.6. The molecule has 13 nitrogen and oxygen atoms in total. The molecule has 3 atom stereocenters. The molecule has 0 radical (unpaired) electrons. The van der Waals surface area contributed by atoms with E-state index in [9.17, 15) is 19.2 Å². The maximum absolute atomic E-state index is 13.7. The molecule has 0 spiro atoms. The van der Waals surface area contributed by atoms with Crippen molar-refractivity contribution >= 4 is 40.7 Å². The Hall–Kier alpha value is -5.07. The number of H-pyrrole nitrogens is 1. The Morgan fingerprint density at radius 3 is 2.14 bits per heavy atom. The van der Waals surface area contributed by atoms with Crippen LogP contribution in [0.15, 0.2) is 65.8 Å². The first-order valence-corrected chi connectivity index (χ1v) is 14.4. The number of nitrogens with one attached hydrogen (secondary N) is 4. The van der Waals surface area contributed by atoms with E-state index in [0.717, 1.165) is 22.0 Å². The number of guanidine groups is 1. The van der Waals surface area contributed by atoms with Gasteiger partial charge >= 0.3 is 6.09 Å². The molecule has 3 aromatic rings. The van der Waals surface area contributed by atoms with Crippen molar-refractivity contribution < 1.29 is 23.9 Å². The summed E-state index contributed by atoms with van der Waals surface area (Å²) < 4.78 is 5.34. The number of aliphatic imine (C=N–C) groups is 1. The summed E-state index contributed by atoms with van der Waals surface area (Å²) in [5.74, 6) is -2.05. The van der Waals surface area contributed by atoms with Crippen LogP contribution in [0, 0.1) is 0 Å². The number of para-hydroxylation sites is 1. The molecule has 2 aromatic carbocycles. The normalized spacial score (nSPS) is 13.2. The molecular formula is C31H42N8O5. The number of fused-ring (bicyclic) bond motifs is 1. The van der Waals surface area contributed by atoms with Crippen LogP contribution in [0.2, 0.25) is 0 Å². The van der Waals surface area contributed by atoms with Gasteiger partial charge in [0.2, 0.25) is 17.7 Å². The van der Waals surface area contributed by atoms with Crippen molar-refractivity contribution in [2.24, 2.45) is 22.2 Å². The average molecular weight is 607 g/mol. The number of nitrogens with two attached hydrogens (primary N) is 3. The molecule has 0 saturated carbocycles. The van der Waals surface area contributed by atoms with Gasteiger partial charge in [-0.25, -0.2) is 4.79 Å².